The van der Waals surface area contributed by atoms with Crippen molar-refractivity contribution >= 4 is 28.7 Å². The van der Waals surface area contributed by atoms with Gasteiger partial charge in [0.25, 0.3) is 0 Å². The van der Waals surface area contributed by atoms with Gasteiger partial charge in [-0.25, -0.2) is 4.99 Å². The predicted octanol–water partition coefficient (Wildman–Crippen LogP) is 6.76. The highest BCUT2D eigenvalue weighted by molar-refractivity contribution is 6.17. The summed E-state index contributed by atoms with van der Waals surface area (Å²) in [5.41, 5.74) is 8.06. The molecule has 2 heteroatoms. The van der Waals surface area contributed by atoms with Gasteiger partial charge in [0.05, 0.1) is 11.4 Å². The SMILES string of the molecule is CCN(CC)c1ccc(C=C2C=CC(=Nc3ccccc3)c3ccccc32)cc1. The van der Waals surface area contributed by atoms with Crippen molar-refractivity contribution in [1.29, 1.82) is 0 Å². The highest BCUT2D eigenvalue weighted by Gasteiger charge is 2.14. The third-order valence-electron chi connectivity index (χ3n) is 5.28. The zero-order valence-electron chi connectivity index (χ0n) is 17.0. The van der Waals surface area contributed by atoms with E-state index in [9.17, 15) is 0 Å². The predicted molar refractivity (Wildman–Crippen MR) is 126 cm³/mol. The van der Waals surface area contributed by atoms with Gasteiger partial charge in [0.15, 0.2) is 0 Å². The van der Waals surface area contributed by atoms with Gasteiger partial charge >= 0.3 is 0 Å². The summed E-state index contributed by atoms with van der Waals surface area (Å²) in [6, 6.07) is 27.4. The lowest BCUT2D eigenvalue weighted by atomic mass is 9.90. The fourth-order valence-corrected chi connectivity index (χ4v) is 3.72. The molecule has 0 saturated carbocycles. The van der Waals surface area contributed by atoms with Crippen LogP contribution in [0.5, 0.6) is 0 Å². The van der Waals surface area contributed by atoms with Crippen LogP contribution in [0.4, 0.5) is 11.4 Å². The standard InChI is InChI=1S/C27H26N2/c1-3-29(4-2)24-17-14-21(15-18-24)20-22-16-19-27(26-13-9-8-12-25(22)26)28-23-10-6-5-7-11-23/h5-20H,3-4H2,1-2H3. The molecule has 3 aromatic rings. The quantitative estimate of drug-likeness (QED) is 0.479. The van der Waals surface area contributed by atoms with Gasteiger partial charge in [0.2, 0.25) is 0 Å². The molecular weight excluding hydrogens is 352 g/mol. The highest BCUT2D eigenvalue weighted by Crippen LogP contribution is 2.30. The Morgan fingerprint density at radius 3 is 2.07 bits per heavy atom. The number of aliphatic imine (C=N–C) groups is 1. The third kappa shape index (κ3) is 4.22. The number of para-hydroxylation sites is 1. The number of fused-ring (bicyclic) bond motifs is 1. The minimum absolute atomic E-state index is 0.973. The molecule has 1 aliphatic carbocycles. The molecule has 0 unspecified atom stereocenters. The van der Waals surface area contributed by atoms with Crippen molar-refractivity contribution in [3.63, 3.8) is 0 Å². The number of hydrogen-bond acceptors (Lipinski definition) is 2. The molecule has 2 nitrogen and oxygen atoms in total. The highest BCUT2D eigenvalue weighted by atomic mass is 15.1. The average Bonchev–Trinajstić information content (AvgIpc) is 2.78. The van der Waals surface area contributed by atoms with Crippen molar-refractivity contribution in [3.8, 4) is 0 Å². The van der Waals surface area contributed by atoms with E-state index in [0.717, 1.165) is 24.5 Å². The Labute approximate surface area is 173 Å². The molecule has 0 atom stereocenters. The zero-order chi connectivity index (χ0) is 20.1. The molecule has 3 aromatic carbocycles. The van der Waals surface area contributed by atoms with Crippen LogP contribution < -0.4 is 4.90 Å². The molecule has 0 radical (unpaired) electrons. The van der Waals surface area contributed by atoms with Gasteiger partial charge in [-0.2, -0.15) is 0 Å². The lowest BCUT2D eigenvalue weighted by molar-refractivity contribution is 0.866. The Balaban J connectivity index is 1.68. The first kappa shape index (κ1) is 18.9. The molecule has 0 aliphatic heterocycles. The van der Waals surface area contributed by atoms with Gasteiger partial charge in [-0.3, -0.25) is 0 Å². The van der Waals surface area contributed by atoms with Gasteiger partial charge < -0.3 is 4.90 Å². The average molecular weight is 379 g/mol. The second-order valence-corrected chi connectivity index (χ2v) is 7.08. The summed E-state index contributed by atoms with van der Waals surface area (Å²) >= 11 is 0. The Morgan fingerprint density at radius 1 is 0.724 bits per heavy atom. The van der Waals surface area contributed by atoms with Gasteiger partial charge in [-0.15, -0.1) is 0 Å². The lowest BCUT2D eigenvalue weighted by Crippen LogP contribution is -2.21. The minimum atomic E-state index is 0.973. The first-order chi connectivity index (χ1) is 14.3. The first-order valence-electron chi connectivity index (χ1n) is 10.3. The molecule has 0 N–H and O–H groups in total. The van der Waals surface area contributed by atoms with E-state index in [-0.39, 0.29) is 0 Å². The Bertz CT molecular complexity index is 1050. The van der Waals surface area contributed by atoms with Crippen LogP contribution in [-0.4, -0.2) is 18.8 Å². The summed E-state index contributed by atoms with van der Waals surface area (Å²) in [7, 11) is 0. The van der Waals surface area contributed by atoms with Crippen molar-refractivity contribution in [1.82, 2.24) is 0 Å². The second kappa shape index (κ2) is 8.74. The van der Waals surface area contributed by atoms with Gasteiger partial charge in [-0.05, 0) is 67.0 Å². The van der Waals surface area contributed by atoms with Crippen LogP contribution in [0, 0.1) is 0 Å². The summed E-state index contributed by atoms with van der Waals surface area (Å²) in [5, 5.41) is 0. The van der Waals surface area contributed by atoms with Crippen molar-refractivity contribution in [2.45, 2.75) is 13.8 Å². The molecule has 0 aromatic heterocycles. The molecule has 1 aliphatic rings. The fourth-order valence-electron chi connectivity index (χ4n) is 3.72. The minimum Gasteiger partial charge on any atom is -0.372 e. The zero-order valence-corrected chi connectivity index (χ0v) is 17.0. The molecule has 4 rings (SSSR count). The number of hydrogen-bond donors (Lipinski definition) is 0. The van der Waals surface area contributed by atoms with E-state index in [1.165, 1.54) is 28.0 Å². The number of rotatable bonds is 5. The van der Waals surface area contributed by atoms with Crippen LogP contribution in [0.3, 0.4) is 0 Å². The number of allylic oxidation sites excluding steroid dienone is 3. The number of anilines is 1. The molecule has 0 fully saturated rings. The maximum Gasteiger partial charge on any atom is 0.0715 e. The summed E-state index contributed by atoms with van der Waals surface area (Å²) in [6.45, 7) is 6.43. The number of nitrogens with zero attached hydrogens (tertiary/aromatic N) is 2. The molecule has 144 valence electrons. The Kier molecular flexibility index (Phi) is 5.71. The van der Waals surface area contributed by atoms with Gasteiger partial charge in [0, 0.05) is 24.3 Å². The van der Waals surface area contributed by atoms with E-state index in [1.54, 1.807) is 0 Å². The molecular formula is C27H26N2. The monoisotopic (exact) mass is 378 g/mol. The molecule has 0 heterocycles. The van der Waals surface area contributed by atoms with Crippen molar-refractivity contribution in [2.75, 3.05) is 18.0 Å². The largest absolute Gasteiger partial charge is 0.372 e. The van der Waals surface area contributed by atoms with Gasteiger partial charge in [0.1, 0.15) is 0 Å². The van der Waals surface area contributed by atoms with Crippen LogP contribution in [0.15, 0.2) is 96.0 Å². The molecule has 0 saturated heterocycles. The normalized spacial score (nSPS) is 15.5. The van der Waals surface area contributed by atoms with Crippen molar-refractivity contribution in [2.24, 2.45) is 4.99 Å². The topological polar surface area (TPSA) is 15.6 Å². The van der Waals surface area contributed by atoms with Crippen molar-refractivity contribution < 1.29 is 0 Å². The van der Waals surface area contributed by atoms with E-state index in [4.69, 9.17) is 4.99 Å². The van der Waals surface area contributed by atoms with E-state index < -0.39 is 0 Å². The summed E-state index contributed by atoms with van der Waals surface area (Å²) in [4.78, 5) is 7.21. The summed E-state index contributed by atoms with van der Waals surface area (Å²) in [5.74, 6) is 0. The van der Waals surface area contributed by atoms with E-state index in [2.05, 4.69) is 85.5 Å². The van der Waals surface area contributed by atoms with E-state index in [1.807, 2.05) is 30.3 Å². The fraction of sp³-hybridized carbons (Fsp3) is 0.148. The maximum atomic E-state index is 4.85. The van der Waals surface area contributed by atoms with Crippen LogP contribution in [0.1, 0.15) is 30.5 Å². The maximum absolute atomic E-state index is 4.85. The Hall–Kier alpha value is -3.39. The lowest BCUT2D eigenvalue weighted by Gasteiger charge is -2.21. The van der Waals surface area contributed by atoms with Crippen LogP contribution in [0.25, 0.3) is 11.6 Å². The first-order valence-corrected chi connectivity index (χ1v) is 10.3. The summed E-state index contributed by atoms with van der Waals surface area (Å²) in [6.07, 6.45) is 6.54. The van der Waals surface area contributed by atoms with Crippen LogP contribution >= 0.6 is 0 Å². The molecule has 0 spiro atoms. The van der Waals surface area contributed by atoms with Crippen molar-refractivity contribution in [3.05, 3.63) is 108 Å². The Morgan fingerprint density at radius 2 is 1.38 bits per heavy atom. The molecule has 0 amide bonds. The molecule has 0 bridgehead atoms. The number of benzene rings is 3. The van der Waals surface area contributed by atoms with E-state index in [0.29, 0.717) is 0 Å². The summed E-state index contributed by atoms with van der Waals surface area (Å²) < 4.78 is 0. The van der Waals surface area contributed by atoms with Gasteiger partial charge in [-0.1, -0.05) is 60.7 Å². The van der Waals surface area contributed by atoms with E-state index >= 15 is 0 Å². The molecule has 29 heavy (non-hydrogen) atoms. The van der Waals surface area contributed by atoms with Crippen LogP contribution in [0.2, 0.25) is 0 Å². The third-order valence-corrected chi connectivity index (χ3v) is 5.28. The second-order valence-electron chi connectivity index (χ2n) is 7.08. The smallest absolute Gasteiger partial charge is 0.0715 e. The van der Waals surface area contributed by atoms with Crippen LogP contribution in [-0.2, 0) is 0 Å².